The van der Waals surface area contributed by atoms with Crippen LogP contribution in [0.2, 0.25) is 0 Å². The SMILES string of the molecule is O=CN(CCC(=O)O)c1cc2c(s1)CCC2. The predicted octanol–water partition coefficient (Wildman–Crippen LogP) is 1.67. The van der Waals surface area contributed by atoms with Crippen molar-refractivity contribution in [2.75, 3.05) is 11.4 Å². The van der Waals surface area contributed by atoms with Gasteiger partial charge in [-0.25, -0.2) is 0 Å². The number of carboxylic acids is 1. The van der Waals surface area contributed by atoms with Crippen molar-refractivity contribution in [1.29, 1.82) is 0 Å². The van der Waals surface area contributed by atoms with Gasteiger partial charge in [0.25, 0.3) is 0 Å². The van der Waals surface area contributed by atoms with E-state index in [0.29, 0.717) is 6.41 Å². The molecule has 0 atom stereocenters. The highest BCUT2D eigenvalue weighted by Crippen LogP contribution is 2.35. The first-order chi connectivity index (χ1) is 7.70. The van der Waals surface area contributed by atoms with E-state index in [-0.39, 0.29) is 13.0 Å². The highest BCUT2D eigenvalue weighted by molar-refractivity contribution is 7.16. The van der Waals surface area contributed by atoms with E-state index in [2.05, 4.69) is 0 Å². The van der Waals surface area contributed by atoms with E-state index in [4.69, 9.17) is 5.11 Å². The Morgan fingerprint density at radius 3 is 3.00 bits per heavy atom. The van der Waals surface area contributed by atoms with Crippen LogP contribution in [-0.2, 0) is 22.4 Å². The van der Waals surface area contributed by atoms with Crippen LogP contribution in [0.25, 0.3) is 0 Å². The summed E-state index contributed by atoms with van der Waals surface area (Å²) in [5.41, 5.74) is 1.32. The van der Waals surface area contributed by atoms with Crippen molar-refractivity contribution >= 4 is 28.7 Å². The summed E-state index contributed by atoms with van der Waals surface area (Å²) in [7, 11) is 0. The second-order valence-electron chi connectivity index (χ2n) is 3.83. The van der Waals surface area contributed by atoms with Crippen molar-refractivity contribution in [2.24, 2.45) is 0 Å². The maximum Gasteiger partial charge on any atom is 0.305 e. The zero-order chi connectivity index (χ0) is 11.5. The van der Waals surface area contributed by atoms with E-state index in [1.807, 2.05) is 6.07 Å². The van der Waals surface area contributed by atoms with Gasteiger partial charge in [-0.15, -0.1) is 11.3 Å². The van der Waals surface area contributed by atoms with Crippen LogP contribution in [0.5, 0.6) is 0 Å². The lowest BCUT2D eigenvalue weighted by molar-refractivity contribution is -0.136. The average Bonchev–Trinajstić information content (AvgIpc) is 2.78. The molecule has 1 aliphatic rings. The van der Waals surface area contributed by atoms with Crippen molar-refractivity contribution in [3.05, 3.63) is 16.5 Å². The summed E-state index contributed by atoms with van der Waals surface area (Å²) in [6, 6.07) is 2.02. The molecule has 86 valence electrons. The number of nitrogens with zero attached hydrogens (tertiary/aromatic N) is 1. The Morgan fingerprint density at radius 1 is 1.56 bits per heavy atom. The maximum atomic E-state index is 10.9. The highest BCUT2D eigenvalue weighted by atomic mass is 32.1. The van der Waals surface area contributed by atoms with Crippen molar-refractivity contribution in [1.82, 2.24) is 0 Å². The van der Waals surface area contributed by atoms with E-state index in [1.165, 1.54) is 21.8 Å². The number of carboxylic acid groups (broad SMARTS) is 1. The Morgan fingerprint density at radius 2 is 2.38 bits per heavy atom. The molecule has 0 saturated heterocycles. The topological polar surface area (TPSA) is 57.6 Å². The molecule has 4 nitrogen and oxygen atoms in total. The Bertz CT molecular complexity index is 392. The molecule has 16 heavy (non-hydrogen) atoms. The Kier molecular flexibility index (Phi) is 3.24. The first-order valence-electron chi connectivity index (χ1n) is 5.26. The zero-order valence-corrected chi connectivity index (χ0v) is 9.63. The summed E-state index contributed by atoms with van der Waals surface area (Å²) < 4.78 is 0. The molecule has 5 heteroatoms. The molecular weight excluding hydrogens is 226 g/mol. The number of fused-ring (bicyclic) bond motifs is 1. The van der Waals surface area contributed by atoms with Gasteiger partial charge in [0.05, 0.1) is 11.4 Å². The van der Waals surface area contributed by atoms with Gasteiger partial charge in [0.15, 0.2) is 0 Å². The van der Waals surface area contributed by atoms with E-state index < -0.39 is 5.97 Å². The molecule has 1 aromatic rings. The van der Waals surface area contributed by atoms with Crippen LogP contribution in [0.3, 0.4) is 0 Å². The van der Waals surface area contributed by atoms with Gasteiger partial charge in [-0.3, -0.25) is 9.59 Å². The number of aryl methyl sites for hydroxylation is 2. The number of hydrogen-bond acceptors (Lipinski definition) is 3. The van der Waals surface area contributed by atoms with Gasteiger partial charge in [-0.05, 0) is 30.9 Å². The van der Waals surface area contributed by atoms with Crippen LogP contribution in [0.4, 0.5) is 5.00 Å². The molecule has 2 rings (SSSR count). The van der Waals surface area contributed by atoms with Crippen LogP contribution in [-0.4, -0.2) is 24.0 Å². The van der Waals surface area contributed by atoms with Crippen LogP contribution in [0.1, 0.15) is 23.3 Å². The first-order valence-corrected chi connectivity index (χ1v) is 6.07. The fourth-order valence-electron chi connectivity index (χ4n) is 1.89. The molecule has 0 bridgehead atoms. The van der Waals surface area contributed by atoms with Gasteiger partial charge in [-0.1, -0.05) is 0 Å². The van der Waals surface area contributed by atoms with Gasteiger partial charge >= 0.3 is 5.97 Å². The van der Waals surface area contributed by atoms with Crippen LogP contribution in [0.15, 0.2) is 6.07 Å². The molecule has 1 aromatic heterocycles. The van der Waals surface area contributed by atoms with E-state index in [9.17, 15) is 9.59 Å². The van der Waals surface area contributed by atoms with Crippen molar-refractivity contribution in [3.63, 3.8) is 0 Å². The number of thiophene rings is 1. The molecule has 0 aromatic carbocycles. The van der Waals surface area contributed by atoms with Gasteiger partial charge in [0.1, 0.15) is 0 Å². The van der Waals surface area contributed by atoms with Crippen molar-refractivity contribution in [3.8, 4) is 0 Å². The molecule has 1 N–H and O–H groups in total. The lowest BCUT2D eigenvalue weighted by Gasteiger charge is -2.13. The van der Waals surface area contributed by atoms with Crippen LogP contribution < -0.4 is 4.90 Å². The molecule has 1 aliphatic carbocycles. The standard InChI is InChI=1S/C11H13NO3S/c13-7-12(5-4-11(14)15)10-6-8-2-1-3-9(8)16-10/h6-7H,1-5H2,(H,14,15). The molecule has 1 heterocycles. The minimum Gasteiger partial charge on any atom is -0.481 e. The molecular formula is C11H13NO3S. The predicted molar refractivity (Wildman–Crippen MR) is 62.0 cm³/mol. The van der Waals surface area contributed by atoms with Crippen molar-refractivity contribution < 1.29 is 14.7 Å². The van der Waals surface area contributed by atoms with Gasteiger partial charge < -0.3 is 10.0 Å². The van der Waals surface area contributed by atoms with Crippen molar-refractivity contribution in [2.45, 2.75) is 25.7 Å². The maximum absolute atomic E-state index is 10.9. The number of carbonyl (C=O) groups is 2. The lowest BCUT2D eigenvalue weighted by atomic mass is 10.3. The smallest absolute Gasteiger partial charge is 0.305 e. The summed E-state index contributed by atoms with van der Waals surface area (Å²) in [6.45, 7) is 0.248. The largest absolute Gasteiger partial charge is 0.481 e. The van der Waals surface area contributed by atoms with Crippen LogP contribution in [0, 0.1) is 0 Å². The fraction of sp³-hybridized carbons (Fsp3) is 0.455. The summed E-state index contributed by atoms with van der Waals surface area (Å²) in [4.78, 5) is 24.2. The number of carbonyl (C=O) groups excluding carboxylic acids is 1. The third kappa shape index (κ3) is 2.24. The first kappa shape index (κ1) is 11.1. The highest BCUT2D eigenvalue weighted by Gasteiger charge is 2.18. The summed E-state index contributed by atoms with van der Waals surface area (Å²) >= 11 is 1.61. The third-order valence-corrected chi connectivity index (χ3v) is 3.98. The third-order valence-electron chi connectivity index (χ3n) is 2.71. The molecule has 0 radical (unpaired) electrons. The Hall–Kier alpha value is -1.36. The number of hydrogen-bond donors (Lipinski definition) is 1. The molecule has 0 aliphatic heterocycles. The number of amides is 1. The normalized spacial score (nSPS) is 13.5. The van der Waals surface area contributed by atoms with E-state index in [0.717, 1.165) is 17.8 Å². The zero-order valence-electron chi connectivity index (χ0n) is 8.81. The summed E-state index contributed by atoms with van der Waals surface area (Å²) in [6.07, 6.45) is 4.06. The summed E-state index contributed by atoms with van der Waals surface area (Å²) in [5.74, 6) is -0.879. The van der Waals surface area contributed by atoms with E-state index >= 15 is 0 Å². The Balaban J connectivity index is 2.08. The van der Waals surface area contributed by atoms with E-state index in [1.54, 1.807) is 11.3 Å². The van der Waals surface area contributed by atoms with Gasteiger partial charge in [0.2, 0.25) is 6.41 Å². The quantitative estimate of drug-likeness (QED) is 0.795. The molecule has 0 unspecified atom stereocenters. The number of anilines is 1. The minimum atomic E-state index is -0.879. The second-order valence-corrected chi connectivity index (χ2v) is 4.94. The monoisotopic (exact) mass is 239 g/mol. The fourth-order valence-corrected chi connectivity index (χ4v) is 3.13. The van der Waals surface area contributed by atoms with Gasteiger partial charge in [0, 0.05) is 11.4 Å². The molecule has 0 saturated carbocycles. The Labute approximate surface area is 97.5 Å². The van der Waals surface area contributed by atoms with Crippen LogP contribution >= 0.6 is 11.3 Å². The second kappa shape index (κ2) is 4.65. The number of rotatable bonds is 5. The molecule has 1 amide bonds. The average molecular weight is 239 g/mol. The molecule has 0 fully saturated rings. The lowest BCUT2D eigenvalue weighted by Crippen LogP contribution is -2.23. The molecule has 0 spiro atoms. The number of aliphatic carboxylic acids is 1. The minimum absolute atomic E-state index is 0.0126. The summed E-state index contributed by atoms with van der Waals surface area (Å²) in [5, 5.41) is 9.46. The van der Waals surface area contributed by atoms with Gasteiger partial charge in [-0.2, -0.15) is 0 Å².